The quantitative estimate of drug-likeness (QED) is 0.237. The van der Waals surface area contributed by atoms with Crippen molar-refractivity contribution in [3.8, 4) is 0 Å². The van der Waals surface area contributed by atoms with Gasteiger partial charge in [-0.15, -0.1) is 0 Å². The van der Waals surface area contributed by atoms with Gasteiger partial charge in [-0.3, -0.25) is 8.37 Å². The highest BCUT2D eigenvalue weighted by molar-refractivity contribution is 7.87. The van der Waals surface area contributed by atoms with Crippen molar-refractivity contribution in [1.29, 1.82) is 0 Å². The maximum Gasteiger partial charge on any atom is 0.416 e. The van der Waals surface area contributed by atoms with Crippen LogP contribution in [0.5, 0.6) is 0 Å². The molecule has 0 aliphatic carbocycles. The van der Waals surface area contributed by atoms with Gasteiger partial charge in [0.2, 0.25) is 0 Å². The van der Waals surface area contributed by atoms with Crippen molar-refractivity contribution in [2.45, 2.75) is 34.6 Å². The highest BCUT2D eigenvalue weighted by Crippen LogP contribution is 2.37. The summed E-state index contributed by atoms with van der Waals surface area (Å²) < 4.78 is 103. The molecule has 0 N–H and O–H groups in total. The van der Waals surface area contributed by atoms with E-state index in [2.05, 4.69) is 4.18 Å². The Labute approximate surface area is 212 Å². The van der Waals surface area contributed by atoms with E-state index in [1.165, 1.54) is 54.6 Å². The fourth-order valence-electron chi connectivity index (χ4n) is 3.65. The number of benzene rings is 4. The summed E-state index contributed by atoms with van der Waals surface area (Å²) in [4.78, 5) is -0.730. The molecule has 0 aliphatic heterocycles. The van der Waals surface area contributed by atoms with Crippen molar-refractivity contribution in [1.82, 2.24) is 0 Å². The van der Waals surface area contributed by atoms with Gasteiger partial charge in [0, 0.05) is 6.42 Å². The molecule has 0 amide bonds. The number of hydrogen-bond acceptors (Lipinski definition) is 6. The second-order valence-electron chi connectivity index (χ2n) is 8.09. The number of rotatable bonds is 9. The molecule has 2 unspecified atom stereocenters. The zero-order chi connectivity index (χ0) is 26.7. The number of halogens is 3. The van der Waals surface area contributed by atoms with Crippen LogP contribution in [0.4, 0.5) is 13.2 Å². The van der Waals surface area contributed by atoms with Crippen LogP contribution in [0.1, 0.15) is 18.1 Å². The first-order valence-electron chi connectivity index (χ1n) is 11.0. The maximum absolute atomic E-state index is 14.1. The van der Waals surface area contributed by atoms with Gasteiger partial charge in [-0.1, -0.05) is 72.8 Å². The first kappa shape index (κ1) is 26.8. The van der Waals surface area contributed by atoms with Gasteiger partial charge < -0.3 is 0 Å². The Morgan fingerprint density at radius 3 is 1.65 bits per heavy atom. The molecule has 0 radical (unpaired) electrons. The van der Waals surface area contributed by atoms with E-state index < -0.39 is 49.9 Å². The van der Waals surface area contributed by atoms with Crippen LogP contribution in [0.3, 0.4) is 0 Å². The lowest BCUT2D eigenvalue weighted by Crippen LogP contribution is -2.36. The molecule has 0 aliphatic rings. The second kappa shape index (κ2) is 10.6. The van der Waals surface area contributed by atoms with Crippen molar-refractivity contribution < 1.29 is 38.4 Å². The molecule has 4 rings (SSSR count). The van der Waals surface area contributed by atoms with Crippen LogP contribution in [0.2, 0.25) is 0 Å². The van der Waals surface area contributed by atoms with Gasteiger partial charge in [0.15, 0.2) is 6.10 Å². The average molecular weight is 551 g/mol. The van der Waals surface area contributed by atoms with Crippen molar-refractivity contribution >= 4 is 31.0 Å². The first-order chi connectivity index (χ1) is 17.5. The zero-order valence-electron chi connectivity index (χ0n) is 19.1. The summed E-state index contributed by atoms with van der Waals surface area (Å²) in [5, 5.41) is 1.40. The Hall–Kier alpha value is -3.25. The summed E-state index contributed by atoms with van der Waals surface area (Å²) in [6.45, 7) is 0. The zero-order valence-corrected chi connectivity index (χ0v) is 20.7. The van der Waals surface area contributed by atoms with E-state index in [-0.39, 0.29) is 10.5 Å². The summed E-state index contributed by atoms with van der Waals surface area (Å²) in [6, 6.07) is 24.8. The summed E-state index contributed by atoms with van der Waals surface area (Å²) in [6.07, 6.45) is -10.9. The lowest BCUT2D eigenvalue weighted by Gasteiger charge is -2.25. The number of fused-ring (bicyclic) bond motifs is 1. The molecule has 0 aromatic heterocycles. The molecule has 6 nitrogen and oxygen atoms in total. The summed E-state index contributed by atoms with van der Waals surface area (Å²) >= 11 is 0. The van der Waals surface area contributed by atoms with Gasteiger partial charge in [0.05, 0.1) is 9.79 Å². The lowest BCUT2D eigenvalue weighted by atomic mass is 10.00. The molecule has 0 saturated carbocycles. The molecule has 4 aromatic rings. The van der Waals surface area contributed by atoms with Crippen LogP contribution in [0.15, 0.2) is 113 Å². The second-order valence-corrected chi connectivity index (χ2v) is 11.2. The van der Waals surface area contributed by atoms with Gasteiger partial charge >= 0.3 is 6.18 Å². The van der Waals surface area contributed by atoms with Crippen LogP contribution in [0.25, 0.3) is 10.8 Å². The monoisotopic (exact) mass is 550 g/mol. The molecular weight excluding hydrogens is 529 g/mol. The van der Waals surface area contributed by atoms with E-state index in [1.54, 1.807) is 36.4 Å². The molecule has 37 heavy (non-hydrogen) atoms. The van der Waals surface area contributed by atoms with Gasteiger partial charge in [-0.2, -0.15) is 30.0 Å². The topological polar surface area (TPSA) is 86.7 Å². The van der Waals surface area contributed by atoms with Crippen LogP contribution in [-0.4, -0.2) is 29.1 Å². The van der Waals surface area contributed by atoms with Crippen molar-refractivity contribution in [2.75, 3.05) is 0 Å². The molecule has 2 atom stereocenters. The predicted octanol–water partition coefficient (Wildman–Crippen LogP) is 6.01. The Morgan fingerprint density at radius 1 is 0.622 bits per heavy atom. The van der Waals surface area contributed by atoms with Crippen molar-refractivity contribution in [2.24, 2.45) is 0 Å². The lowest BCUT2D eigenvalue weighted by molar-refractivity contribution is -0.200. The molecule has 0 fully saturated rings. The van der Waals surface area contributed by atoms with E-state index in [0.717, 1.165) is 17.5 Å². The Bertz CT molecular complexity index is 1570. The summed E-state index contributed by atoms with van der Waals surface area (Å²) in [7, 11) is -9.35. The normalized spacial score (nSPS) is 14.4. The van der Waals surface area contributed by atoms with Gasteiger partial charge in [0.25, 0.3) is 20.2 Å². The third kappa shape index (κ3) is 6.55. The van der Waals surface area contributed by atoms with Crippen LogP contribution in [-0.2, 0) is 28.6 Å². The third-order valence-electron chi connectivity index (χ3n) is 5.49. The highest BCUT2D eigenvalue weighted by atomic mass is 32.2. The minimum Gasteiger partial charge on any atom is -0.258 e. The van der Waals surface area contributed by atoms with Crippen LogP contribution in [0, 0.1) is 0 Å². The van der Waals surface area contributed by atoms with Gasteiger partial charge in [-0.05, 0) is 46.7 Å². The fourth-order valence-corrected chi connectivity index (χ4v) is 5.84. The molecule has 194 valence electrons. The minimum absolute atomic E-state index is 0.105. The molecular formula is C26H21F3O6S2. The van der Waals surface area contributed by atoms with E-state index in [4.69, 9.17) is 4.18 Å². The molecule has 0 bridgehead atoms. The smallest absolute Gasteiger partial charge is 0.258 e. The summed E-state index contributed by atoms with van der Waals surface area (Å²) in [5.41, 5.74) is 0.105. The van der Waals surface area contributed by atoms with Gasteiger partial charge in [-0.25, -0.2) is 0 Å². The highest BCUT2D eigenvalue weighted by Gasteiger charge is 2.46. The van der Waals surface area contributed by atoms with E-state index >= 15 is 0 Å². The summed E-state index contributed by atoms with van der Waals surface area (Å²) in [5.74, 6) is 0. The molecule has 0 spiro atoms. The number of alkyl halides is 3. The van der Waals surface area contributed by atoms with Crippen molar-refractivity contribution in [3.05, 3.63) is 109 Å². The maximum atomic E-state index is 14.1. The Balaban J connectivity index is 1.74. The fraction of sp³-hybridized carbons (Fsp3) is 0.154. The van der Waals surface area contributed by atoms with E-state index in [0.29, 0.717) is 5.39 Å². The van der Waals surface area contributed by atoms with E-state index in [1.807, 2.05) is 0 Å². The largest absolute Gasteiger partial charge is 0.416 e. The van der Waals surface area contributed by atoms with Gasteiger partial charge in [0.1, 0.15) is 6.10 Å². The minimum atomic E-state index is -5.16. The Kier molecular flexibility index (Phi) is 7.69. The van der Waals surface area contributed by atoms with E-state index in [9.17, 15) is 30.0 Å². The first-order valence-corrected chi connectivity index (χ1v) is 13.8. The number of hydrogen-bond donors (Lipinski definition) is 0. The Morgan fingerprint density at radius 2 is 1.11 bits per heavy atom. The standard InChI is InChI=1S/C26H21F3O6S2/c27-26(28,29)25(35-37(32,33)23-13-5-2-6-14-23)18-24(34-36(30,31)22-11-3-1-4-12-22)21-16-15-19-9-7-8-10-20(19)17-21/h1-17,24-25H,18H2. The SMILES string of the molecule is O=S(=O)(OC(CC(OS(=O)(=O)c1ccccc1)C(F)(F)F)c1ccc2ccccc2c1)c1ccccc1. The van der Waals surface area contributed by atoms with Crippen LogP contribution >= 0.6 is 0 Å². The predicted molar refractivity (Wildman–Crippen MR) is 131 cm³/mol. The molecule has 4 aromatic carbocycles. The molecule has 0 heterocycles. The molecule has 11 heteroatoms. The van der Waals surface area contributed by atoms with Crippen molar-refractivity contribution in [3.63, 3.8) is 0 Å². The molecule has 0 saturated heterocycles. The average Bonchev–Trinajstić information content (AvgIpc) is 2.88. The van der Waals surface area contributed by atoms with Crippen LogP contribution < -0.4 is 0 Å². The third-order valence-corrected chi connectivity index (χ3v) is 8.16.